The Balaban J connectivity index is 2.34. The fraction of sp³-hybridized carbons (Fsp3) is 0.118. The minimum absolute atomic E-state index is 0.164. The molecule has 0 saturated heterocycles. The molecular formula is C17H14O8. The maximum Gasteiger partial charge on any atom is 0.338 e. The van der Waals surface area contributed by atoms with Gasteiger partial charge in [0, 0.05) is 0 Å². The van der Waals surface area contributed by atoms with E-state index in [9.17, 15) is 25.2 Å². The number of hydrogen-bond donors (Lipinski definition) is 4. The lowest BCUT2D eigenvalue weighted by Crippen LogP contribution is -2.06. The van der Waals surface area contributed by atoms with E-state index in [1.165, 1.54) is 7.11 Å². The second-order valence-electron chi connectivity index (χ2n) is 5.05. The second-order valence-corrected chi connectivity index (χ2v) is 5.05. The Labute approximate surface area is 140 Å². The number of aliphatic hydroxyl groups excluding tert-OH is 1. The number of phenols is 2. The van der Waals surface area contributed by atoms with Crippen LogP contribution in [0.25, 0.3) is 11.0 Å². The first-order valence-corrected chi connectivity index (χ1v) is 7.13. The summed E-state index contributed by atoms with van der Waals surface area (Å²) in [4.78, 5) is 12.4. The van der Waals surface area contributed by atoms with Crippen molar-refractivity contribution in [1.82, 2.24) is 0 Å². The van der Waals surface area contributed by atoms with Gasteiger partial charge in [-0.15, -0.1) is 0 Å². The smallest absolute Gasteiger partial charge is 0.338 e. The van der Waals surface area contributed by atoms with Crippen molar-refractivity contribution in [1.29, 1.82) is 0 Å². The molecule has 0 bridgehead atoms. The molecular weight excluding hydrogens is 332 g/mol. The van der Waals surface area contributed by atoms with Gasteiger partial charge in [-0.2, -0.15) is 0 Å². The van der Waals surface area contributed by atoms with E-state index in [0.717, 1.165) is 0 Å². The van der Waals surface area contributed by atoms with Crippen LogP contribution in [0.15, 0.2) is 39.5 Å². The van der Waals surface area contributed by atoms with Crippen LogP contribution < -0.4 is 14.9 Å². The summed E-state index contributed by atoms with van der Waals surface area (Å²) >= 11 is 0. The number of hydrogen-bond acceptors (Lipinski definition) is 8. The number of rotatable bonds is 4. The van der Waals surface area contributed by atoms with Crippen LogP contribution in [0.3, 0.4) is 0 Å². The van der Waals surface area contributed by atoms with Gasteiger partial charge in [-0.25, -0.2) is 0 Å². The molecule has 8 nitrogen and oxygen atoms in total. The van der Waals surface area contributed by atoms with E-state index in [4.69, 9.17) is 13.9 Å². The Morgan fingerprint density at radius 1 is 1.04 bits per heavy atom. The number of benzene rings is 2. The quantitative estimate of drug-likeness (QED) is 0.529. The highest BCUT2D eigenvalue weighted by Gasteiger charge is 2.27. The summed E-state index contributed by atoms with van der Waals surface area (Å²) in [7, 11) is 1.23. The molecule has 0 spiro atoms. The summed E-state index contributed by atoms with van der Waals surface area (Å²) in [5.74, 6) is -2.85. The molecule has 0 unspecified atom stereocenters. The molecule has 0 atom stereocenters. The van der Waals surface area contributed by atoms with Crippen molar-refractivity contribution >= 4 is 11.0 Å². The van der Waals surface area contributed by atoms with Gasteiger partial charge >= 0.3 is 5.95 Å². The number of aromatic hydroxyl groups is 3. The summed E-state index contributed by atoms with van der Waals surface area (Å²) < 4.78 is 15.8. The van der Waals surface area contributed by atoms with E-state index >= 15 is 0 Å². The van der Waals surface area contributed by atoms with E-state index in [-0.39, 0.29) is 16.9 Å². The standard InChI is InChI=1S/C17H14O8/c1-23-15-9(7-18)11(19)12(20)10-13(21)14(22)17(25-16(10)15)24-8-5-3-2-4-6-8/h2-6,18-20,22H,7H2,1H3. The highest BCUT2D eigenvalue weighted by Crippen LogP contribution is 2.46. The monoisotopic (exact) mass is 346 g/mol. The maximum atomic E-state index is 12.4. The zero-order valence-electron chi connectivity index (χ0n) is 13.0. The highest BCUT2D eigenvalue weighted by atomic mass is 16.6. The van der Waals surface area contributed by atoms with Gasteiger partial charge in [0.15, 0.2) is 22.8 Å². The van der Waals surface area contributed by atoms with Gasteiger partial charge in [0.2, 0.25) is 11.2 Å². The number of aliphatic hydroxyl groups is 1. The van der Waals surface area contributed by atoms with Crippen molar-refractivity contribution in [3.63, 3.8) is 0 Å². The largest absolute Gasteiger partial charge is 0.504 e. The van der Waals surface area contributed by atoms with Crippen LogP contribution >= 0.6 is 0 Å². The summed E-state index contributed by atoms with van der Waals surface area (Å²) in [6.45, 7) is -0.683. The normalized spacial score (nSPS) is 10.8. The fourth-order valence-corrected chi connectivity index (χ4v) is 2.41. The molecule has 2 aromatic carbocycles. The van der Waals surface area contributed by atoms with Gasteiger partial charge in [-0.3, -0.25) is 4.79 Å². The van der Waals surface area contributed by atoms with Gasteiger partial charge in [-0.1, -0.05) is 18.2 Å². The van der Waals surface area contributed by atoms with Gasteiger partial charge in [0.1, 0.15) is 11.1 Å². The average molecular weight is 346 g/mol. The summed E-state index contributed by atoms with van der Waals surface area (Å²) in [5.41, 5.74) is -1.48. The van der Waals surface area contributed by atoms with Crippen LogP contribution in [0.5, 0.6) is 34.7 Å². The number of para-hydroxylation sites is 1. The third-order valence-corrected chi connectivity index (χ3v) is 3.60. The van der Waals surface area contributed by atoms with Gasteiger partial charge in [0.25, 0.3) is 0 Å². The first kappa shape index (κ1) is 16.5. The fourth-order valence-electron chi connectivity index (χ4n) is 2.41. The number of methoxy groups -OCH3 is 1. The SMILES string of the molecule is COc1c(CO)c(O)c(O)c2c(=O)c(O)c(Oc3ccccc3)oc12. The summed E-state index contributed by atoms with van der Waals surface area (Å²) in [6, 6.07) is 8.27. The molecule has 25 heavy (non-hydrogen) atoms. The van der Waals surface area contributed by atoms with Crippen molar-refractivity contribution in [3.05, 3.63) is 46.1 Å². The molecule has 4 N–H and O–H groups in total. The van der Waals surface area contributed by atoms with Crippen LogP contribution in [0.2, 0.25) is 0 Å². The molecule has 1 aromatic heterocycles. The lowest BCUT2D eigenvalue weighted by molar-refractivity contribution is 0.262. The minimum atomic E-state index is -1.03. The molecule has 0 fully saturated rings. The molecule has 130 valence electrons. The first-order valence-electron chi connectivity index (χ1n) is 7.13. The molecule has 3 aromatic rings. The second kappa shape index (κ2) is 6.25. The van der Waals surface area contributed by atoms with Crippen molar-refractivity contribution in [2.45, 2.75) is 6.61 Å². The minimum Gasteiger partial charge on any atom is -0.504 e. The van der Waals surface area contributed by atoms with Gasteiger partial charge in [-0.05, 0) is 12.1 Å². The van der Waals surface area contributed by atoms with E-state index in [1.54, 1.807) is 30.3 Å². The molecule has 0 saturated carbocycles. The Bertz CT molecular complexity index is 991. The van der Waals surface area contributed by atoms with E-state index in [0.29, 0.717) is 5.75 Å². The van der Waals surface area contributed by atoms with Gasteiger partial charge in [0.05, 0.1) is 19.3 Å². The summed E-state index contributed by atoms with van der Waals surface area (Å²) in [6.07, 6.45) is 0. The third-order valence-electron chi connectivity index (χ3n) is 3.60. The molecule has 0 radical (unpaired) electrons. The molecule has 0 aliphatic rings. The maximum absolute atomic E-state index is 12.4. The Kier molecular flexibility index (Phi) is 4.12. The lowest BCUT2D eigenvalue weighted by Gasteiger charge is -2.14. The predicted molar refractivity (Wildman–Crippen MR) is 86.5 cm³/mol. The molecule has 8 heteroatoms. The molecule has 0 aliphatic carbocycles. The van der Waals surface area contributed by atoms with Crippen molar-refractivity contribution in [2.75, 3.05) is 7.11 Å². The number of phenolic OH excluding ortho intramolecular Hbond substituents is 1. The third kappa shape index (κ3) is 2.58. The topological polar surface area (TPSA) is 130 Å². The van der Waals surface area contributed by atoms with Crippen LogP contribution in [-0.4, -0.2) is 27.5 Å². The van der Waals surface area contributed by atoms with Crippen molar-refractivity contribution < 1.29 is 34.3 Å². The van der Waals surface area contributed by atoms with Crippen LogP contribution in [-0.2, 0) is 6.61 Å². The first-order chi connectivity index (χ1) is 12.0. The lowest BCUT2D eigenvalue weighted by atomic mass is 10.1. The molecule has 1 heterocycles. The van der Waals surface area contributed by atoms with Gasteiger partial charge < -0.3 is 34.3 Å². The zero-order chi connectivity index (χ0) is 18.1. The molecule has 0 amide bonds. The van der Waals surface area contributed by atoms with Crippen LogP contribution in [0.1, 0.15) is 5.56 Å². The Hall–Kier alpha value is -3.39. The Morgan fingerprint density at radius 3 is 2.32 bits per heavy atom. The number of fused-ring (bicyclic) bond motifs is 1. The summed E-state index contributed by atoms with van der Waals surface area (Å²) in [5, 5.41) is 38.9. The van der Waals surface area contributed by atoms with Crippen LogP contribution in [0, 0.1) is 0 Å². The molecule has 0 aliphatic heterocycles. The molecule has 3 rings (SSSR count). The number of ether oxygens (including phenoxy) is 2. The van der Waals surface area contributed by atoms with Crippen LogP contribution in [0.4, 0.5) is 0 Å². The van der Waals surface area contributed by atoms with E-state index < -0.39 is 40.6 Å². The predicted octanol–water partition coefficient (Wildman–Crippen LogP) is 2.20. The average Bonchev–Trinajstić information content (AvgIpc) is 2.62. The van der Waals surface area contributed by atoms with E-state index in [2.05, 4.69) is 0 Å². The highest BCUT2D eigenvalue weighted by molar-refractivity contribution is 5.93. The zero-order valence-corrected chi connectivity index (χ0v) is 13.0. The van der Waals surface area contributed by atoms with Crippen molar-refractivity contribution in [2.24, 2.45) is 0 Å². The Morgan fingerprint density at radius 2 is 1.72 bits per heavy atom. The van der Waals surface area contributed by atoms with Crippen molar-refractivity contribution in [3.8, 4) is 34.7 Å². The van der Waals surface area contributed by atoms with E-state index in [1.807, 2.05) is 0 Å².